The van der Waals surface area contributed by atoms with Crippen LogP contribution in [0.25, 0.3) is 0 Å². The van der Waals surface area contributed by atoms with E-state index in [2.05, 4.69) is 25.3 Å². The lowest BCUT2D eigenvalue weighted by molar-refractivity contribution is 0.585. The second-order valence-corrected chi connectivity index (χ2v) is 6.45. The molecule has 0 bridgehead atoms. The number of rotatable bonds is 4. The van der Waals surface area contributed by atoms with Gasteiger partial charge in [0.25, 0.3) is 10.0 Å². The van der Waals surface area contributed by atoms with E-state index in [4.69, 9.17) is 0 Å². The zero-order valence-corrected chi connectivity index (χ0v) is 13.4. The van der Waals surface area contributed by atoms with Gasteiger partial charge in [0.1, 0.15) is 4.90 Å². The standard InChI is InChI=1S/C12H18N6O2S/c1-7-6-8(2)14-12(13-7)15-17-21(19,20)11-9(3)16-18(5)10(11)4/h6,17H,1-5H3,(H,13,14,15). The summed E-state index contributed by atoms with van der Waals surface area (Å²) in [4.78, 5) is 10.7. The summed E-state index contributed by atoms with van der Waals surface area (Å²) < 4.78 is 26.2. The molecule has 0 unspecified atom stereocenters. The molecule has 0 amide bonds. The third kappa shape index (κ3) is 3.19. The lowest BCUT2D eigenvalue weighted by atomic mass is 10.4. The molecule has 0 saturated heterocycles. The lowest BCUT2D eigenvalue weighted by Gasteiger charge is -2.09. The Morgan fingerprint density at radius 1 is 1.10 bits per heavy atom. The second-order valence-electron chi connectivity index (χ2n) is 4.83. The van der Waals surface area contributed by atoms with Gasteiger partial charge in [0.2, 0.25) is 5.95 Å². The first kappa shape index (κ1) is 15.4. The molecule has 0 aromatic carbocycles. The zero-order chi connectivity index (χ0) is 15.8. The molecule has 2 aromatic rings. The summed E-state index contributed by atoms with van der Waals surface area (Å²) in [6.45, 7) is 6.96. The zero-order valence-electron chi connectivity index (χ0n) is 12.6. The Morgan fingerprint density at radius 2 is 1.67 bits per heavy atom. The maximum Gasteiger partial charge on any atom is 0.261 e. The van der Waals surface area contributed by atoms with Crippen LogP contribution in [0, 0.1) is 27.7 Å². The molecule has 0 atom stereocenters. The van der Waals surface area contributed by atoms with Crippen LogP contribution in [0.15, 0.2) is 11.0 Å². The van der Waals surface area contributed by atoms with Crippen molar-refractivity contribution in [3.8, 4) is 0 Å². The van der Waals surface area contributed by atoms with Crippen LogP contribution in [0.3, 0.4) is 0 Å². The van der Waals surface area contributed by atoms with Gasteiger partial charge in [-0.2, -0.15) is 5.10 Å². The minimum absolute atomic E-state index is 0.155. The maximum atomic E-state index is 12.3. The van der Waals surface area contributed by atoms with Crippen molar-refractivity contribution in [2.75, 3.05) is 5.43 Å². The quantitative estimate of drug-likeness (QED) is 0.808. The predicted octanol–water partition coefficient (Wildman–Crippen LogP) is 0.749. The van der Waals surface area contributed by atoms with Gasteiger partial charge < -0.3 is 0 Å². The minimum Gasteiger partial charge on any atom is -0.276 e. The van der Waals surface area contributed by atoms with Gasteiger partial charge in [-0.15, -0.1) is 4.83 Å². The third-order valence-electron chi connectivity index (χ3n) is 2.99. The molecule has 0 aliphatic rings. The van der Waals surface area contributed by atoms with Crippen molar-refractivity contribution in [3.05, 3.63) is 28.8 Å². The van der Waals surface area contributed by atoms with Gasteiger partial charge in [-0.3, -0.25) is 10.1 Å². The average molecular weight is 310 g/mol. The Kier molecular flexibility index (Phi) is 3.97. The molecule has 2 aromatic heterocycles. The van der Waals surface area contributed by atoms with Gasteiger partial charge in [-0.05, 0) is 33.8 Å². The first-order valence-corrected chi connectivity index (χ1v) is 7.79. The Labute approximate surface area is 123 Å². The summed E-state index contributed by atoms with van der Waals surface area (Å²) in [7, 11) is -2.05. The number of nitrogens with one attached hydrogen (secondary N) is 2. The van der Waals surface area contributed by atoms with Crippen LogP contribution in [0.2, 0.25) is 0 Å². The SMILES string of the molecule is Cc1cc(C)nc(NNS(=O)(=O)c2c(C)nn(C)c2C)n1. The summed E-state index contributed by atoms with van der Waals surface area (Å²) >= 11 is 0. The molecule has 9 heteroatoms. The molecule has 114 valence electrons. The molecular weight excluding hydrogens is 292 g/mol. The largest absolute Gasteiger partial charge is 0.276 e. The summed E-state index contributed by atoms with van der Waals surface area (Å²) in [6, 6.07) is 1.80. The van der Waals surface area contributed by atoms with E-state index < -0.39 is 10.0 Å². The van der Waals surface area contributed by atoms with Crippen LogP contribution in [0.5, 0.6) is 0 Å². The molecule has 0 saturated carbocycles. The number of nitrogens with zero attached hydrogens (tertiary/aromatic N) is 4. The van der Waals surface area contributed by atoms with Gasteiger partial charge in [-0.1, -0.05) is 0 Å². The van der Waals surface area contributed by atoms with Crippen molar-refractivity contribution < 1.29 is 8.42 Å². The van der Waals surface area contributed by atoms with Crippen molar-refractivity contribution in [3.63, 3.8) is 0 Å². The summed E-state index contributed by atoms with van der Waals surface area (Å²) in [5, 5.41) is 4.10. The van der Waals surface area contributed by atoms with Crippen molar-refractivity contribution in [2.24, 2.45) is 7.05 Å². The fourth-order valence-corrected chi connectivity index (χ4v) is 3.37. The minimum atomic E-state index is -3.75. The van der Waals surface area contributed by atoms with Crippen LogP contribution >= 0.6 is 0 Å². The third-order valence-corrected chi connectivity index (χ3v) is 4.49. The van der Waals surface area contributed by atoms with Crippen LogP contribution in [0.1, 0.15) is 22.8 Å². The van der Waals surface area contributed by atoms with E-state index in [1.165, 1.54) is 4.68 Å². The van der Waals surface area contributed by atoms with Crippen LogP contribution in [-0.4, -0.2) is 28.2 Å². The number of hydrogen-bond acceptors (Lipinski definition) is 6. The predicted molar refractivity (Wildman–Crippen MR) is 78.1 cm³/mol. The van der Waals surface area contributed by atoms with Crippen LogP contribution < -0.4 is 10.3 Å². The molecular formula is C12H18N6O2S. The normalized spacial score (nSPS) is 11.7. The summed E-state index contributed by atoms with van der Waals surface area (Å²) in [5.41, 5.74) is 5.02. The first-order chi connectivity index (χ1) is 9.70. The van der Waals surface area contributed by atoms with Gasteiger partial charge in [0.15, 0.2) is 0 Å². The Bertz CT molecular complexity index is 761. The highest BCUT2D eigenvalue weighted by Gasteiger charge is 2.23. The molecule has 21 heavy (non-hydrogen) atoms. The number of aromatic nitrogens is 4. The number of aryl methyl sites for hydroxylation is 4. The van der Waals surface area contributed by atoms with Gasteiger partial charge >= 0.3 is 0 Å². The molecule has 0 fully saturated rings. The molecule has 0 aliphatic carbocycles. The lowest BCUT2D eigenvalue weighted by Crippen LogP contribution is -2.31. The second kappa shape index (κ2) is 5.41. The Balaban J connectivity index is 2.26. The van der Waals surface area contributed by atoms with Gasteiger partial charge in [0.05, 0.1) is 11.4 Å². The van der Waals surface area contributed by atoms with Crippen molar-refractivity contribution in [1.29, 1.82) is 0 Å². The van der Waals surface area contributed by atoms with E-state index in [1.807, 2.05) is 13.8 Å². The monoisotopic (exact) mass is 310 g/mol. The van der Waals surface area contributed by atoms with Crippen LogP contribution in [0.4, 0.5) is 5.95 Å². The molecule has 2 heterocycles. The Morgan fingerprint density at radius 3 is 2.14 bits per heavy atom. The van der Waals surface area contributed by atoms with Crippen molar-refractivity contribution in [2.45, 2.75) is 32.6 Å². The first-order valence-electron chi connectivity index (χ1n) is 6.31. The van der Waals surface area contributed by atoms with E-state index >= 15 is 0 Å². The number of anilines is 1. The Hall–Kier alpha value is -2.00. The molecule has 8 nitrogen and oxygen atoms in total. The van der Waals surface area contributed by atoms with E-state index in [0.717, 1.165) is 11.4 Å². The molecule has 0 spiro atoms. The average Bonchev–Trinajstić information content (AvgIpc) is 2.60. The summed E-state index contributed by atoms with van der Waals surface area (Å²) in [6.07, 6.45) is 0. The van der Waals surface area contributed by atoms with Crippen LogP contribution in [-0.2, 0) is 17.1 Å². The smallest absolute Gasteiger partial charge is 0.261 e. The fraction of sp³-hybridized carbons (Fsp3) is 0.417. The topological polar surface area (TPSA) is 102 Å². The van der Waals surface area contributed by atoms with E-state index in [-0.39, 0.29) is 10.8 Å². The summed E-state index contributed by atoms with van der Waals surface area (Å²) in [5.74, 6) is 0.204. The molecule has 0 radical (unpaired) electrons. The number of hydrogen-bond donors (Lipinski definition) is 2. The van der Waals surface area contributed by atoms with Crippen molar-refractivity contribution in [1.82, 2.24) is 24.6 Å². The van der Waals surface area contributed by atoms with Crippen molar-refractivity contribution >= 4 is 16.0 Å². The highest BCUT2D eigenvalue weighted by Crippen LogP contribution is 2.18. The maximum absolute atomic E-state index is 12.3. The molecule has 2 rings (SSSR count). The van der Waals surface area contributed by atoms with E-state index in [0.29, 0.717) is 11.4 Å². The fourth-order valence-electron chi connectivity index (χ4n) is 2.09. The number of hydrazine groups is 1. The molecule has 2 N–H and O–H groups in total. The highest BCUT2D eigenvalue weighted by atomic mass is 32.2. The van der Waals surface area contributed by atoms with E-state index in [9.17, 15) is 8.42 Å². The molecule has 0 aliphatic heterocycles. The van der Waals surface area contributed by atoms with Gasteiger partial charge in [-0.25, -0.2) is 18.4 Å². The van der Waals surface area contributed by atoms with Gasteiger partial charge in [0, 0.05) is 18.4 Å². The van der Waals surface area contributed by atoms with E-state index in [1.54, 1.807) is 27.0 Å². The number of sulfonamides is 1. The highest BCUT2D eigenvalue weighted by molar-refractivity contribution is 7.89.